The maximum Gasteiger partial charge on any atom is 0.0544 e. The first-order valence-corrected chi connectivity index (χ1v) is 19.1. The van der Waals surface area contributed by atoms with Gasteiger partial charge in [0.2, 0.25) is 0 Å². The van der Waals surface area contributed by atoms with Crippen molar-refractivity contribution in [2.75, 3.05) is 0 Å². The smallest absolute Gasteiger partial charge is 0.0544 e. The molecule has 256 valence electrons. The van der Waals surface area contributed by atoms with E-state index < -0.39 is 0 Å². The summed E-state index contributed by atoms with van der Waals surface area (Å²) in [4.78, 5) is 0. The summed E-state index contributed by atoms with van der Waals surface area (Å²) in [5.41, 5.74) is 19.1. The first kappa shape index (κ1) is 30.3. The van der Waals surface area contributed by atoms with Gasteiger partial charge in [0, 0.05) is 23.0 Å². The Kier molecular flexibility index (Phi) is 6.43. The zero-order chi connectivity index (χ0) is 36.0. The third kappa shape index (κ3) is 4.37. The molecule has 9 aromatic carbocycles. The van der Waals surface area contributed by atoms with Crippen molar-refractivity contribution in [2.24, 2.45) is 0 Å². The number of hydrogen-bond acceptors (Lipinski definition) is 1. The molecule has 0 atom stereocenters. The van der Waals surface area contributed by atoms with Crippen LogP contribution in [0.4, 0.5) is 0 Å². The summed E-state index contributed by atoms with van der Waals surface area (Å²) in [6.45, 7) is 0.840. The maximum atomic E-state index is 3.40. The largest absolute Gasteiger partial charge is 0.387 e. The van der Waals surface area contributed by atoms with Crippen molar-refractivity contribution >= 4 is 49.4 Å². The molecule has 10 aromatic rings. The summed E-state index contributed by atoms with van der Waals surface area (Å²) in [7, 11) is 0. The van der Waals surface area contributed by atoms with Crippen molar-refractivity contribution in [3.8, 4) is 61.3 Å². The predicted molar refractivity (Wildman–Crippen MR) is 232 cm³/mol. The van der Waals surface area contributed by atoms with Crippen LogP contribution in [-0.2, 0) is 6.54 Å². The monoisotopic (exact) mass is 698 g/mol. The Morgan fingerprint density at radius 2 is 1.00 bits per heavy atom. The molecule has 2 nitrogen and oxygen atoms in total. The van der Waals surface area contributed by atoms with E-state index in [0.29, 0.717) is 0 Å². The topological polar surface area (TPSA) is 17.0 Å². The second-order valence-corrected chi connectivity index (χ2v) is 14.8. The van der Waals surface area contributed by atoms with Crippen LogP contribution in [-0.4, -0.2) is 4.57 Å². The van der Waals surface area contributed by atoms with Gasteiger partial charge >= 0.3 is 0 Å². The molecular formula is C53H34N2. The minimum Gasteiger partial charge on any atom is -0.387 e. The van der Waals surface area contributed by atoms with E-state index in [0.717, 1.165) is 6.54 Å². The zero-order valence-electron chi connectivity index (χ0n) is 30.1. The van der Waals surface area contributed by atoms with Crippen molar-refractivity contribution in [2.45, 2.75) is 6.54 Å². The molecule has 1 aliphatic carbocycles. The van der Waals surface area contributed by atoms with Crippen molar-refractivity contribution in [1.82, 2.24) is 9.88 Å². The van der Waals surface area contributed by atoms with Gasteiger partial charge in [-0.05, 0) is 131 Å². The lowest BCUT2D eigenvalue weighted by Crippen LogP contribution is -2.10. The Balaban J connectivity index is 1.07. The van der Waals surface area contributed by atoms with Gasteiger partial charge in [-0.1, -0.05) is 146 Å². The van der Waals surface area contributed by atoms with E-state index in [4.69, 9.17) is 0 Å². The van der Waals surface area contributed by atoms with Gasteiger partial charge in [-0.2, -0.15) is 0 Å². The lowest BCUT2D eigenvalue weighted by Gasteiger charge is -2.20. The second-order valence-electron chi connectivity index (χ2n) is 14.8. The Labute approximate surface area is 319 Å². The van der Waals surface area contributed by atoms with Crippen molar-refractivity contribution in [3.05, 3.63) is 193 Å². The van der Waals surface area contributed by atoms with E-state index in [1.165, 1.54) is 116 Å². The molecule has 1 N–H and O–H groups in total. The standard InChI is InChI=1S/C53H34N2/c1-3-12-34(13-4-1)49-42-17-7-8-18-43(42)50(35-14-5-2-6-15-35)53-45-27-26-39(41-19-11-20-44(51(41)45)52(49)53)33-22-24-38(25-23-33)55-47-21-10-9-16-40(47)46-30-36-28-29-54-32-37(36)31-48(46)55/h1-31,54H,32H2. The van der Waals surface area contributed by atoms with E-state index in [2.05, 4.69) is 198 Å². The van der Waals surface area contributed by atoms with E-state index in [-0.39, 0.29) is 0 Å². The summed E-state index contributed by atoms with van der Waals surface area (Å²) in [5, 5.41) is 11.1. The van der Waals surface area contributed by atoms with Crippen molar-refractivity contribution in [1.29, 1.82) is 0 Å². The van der Waals surface area contributed by atoms with Crippen LogP contribution >= 0.6 is 0 Å². The Morgan fingerprint density at radius 1 is 0.400 bits per heavy atom. The molecule has 0 spiro atoms. The molecule has 2 heterocycles. The predicted octanol–water partition coefficient (Wildman–Crippen LogP) is 13.8. The highest BCUT2D eigenvalue weighted by Gasteiger charge is 2.31. The number of nitrogens with zero attached hydrogens (tertiary/aromatic N) is 1. The van der Waals surface area contributed by atoms with E-state index >= 15 is 0 Å². The minimum absolute atomic E-state index is 0.840. The summed E-state index contributed by atoms with van der Waals surface area (Å²) in [6.07, 6.45) is 4.24. The zero-order valence-corrected chi connectivity index (χ0v) is 30.1. The molecule has 0 fully saturated rings. The number of aromatic nitrogens is 1. The Morgan fingerprint density at radius 3 is 1.71 bits per heavy atom. The minimum atomic E-state index is 0.840. The average molecular weight is 699 g/mol. The van der Waals surface area contributed by atoms with Crippen LogP contribution in [0.1, 0.15) is 11.1 Å². The summed E-state index contributed by atoms with van der Waals surface area (Å²) in [6, 6.07) is 65.3. The molecule has 2 heteroatoms. The van der Waals surface area contributed by atoms with Gasteiger partial charge in [-0.25, -0.2) is 0 Å². The maximum absolute atomic E-state index is 3.40. The fourth-order valence-corrected chi connectivity index (χ4v) is 9.63. The molecule has 1 aliphatic heterocycles. The van der Waals surface area contributed by atoms with Gasteiger partial charge < -0.3 is 9.88 Å². The van der Waals surface area contributed by atoms with Gasteiger partial charge in [-0.3, -0.25) is 0 Å². The van der Waals surface area contributed by atoms with Crippen LogP contribution in [0.25, 0.3) is 111 Å². The number of benzene rings is 9. The first-order valence-electron chi connectivity index (χ1n) is 19.1. The highest BCUT2D eigenvalue weighted by atomic mass is 15.0. The van der Waals surface area contributed by atoms with Crippen LogP contribution in [0, 0.1) is 0 Å². The Hall–Kier alpha value is -7.16. The van der Waals surface area contributed by atoms with E-state index in [1.54, 1.807) is 0 Å². The highest BCUT2D eigenvalue weighted by molar-refractivity contribution is 6.28. The molecule has 0 saturated heterocycles. The fourth-order valence-electron chi connectivity index (χ4n) is 9.63. The molecule has 0 radical (unpaired) electrons. The summed E-state index contributed by atoms with van der Waals surface area (Å²) < 4.78 is 2.43. The fraction of sp³-hybridized carbons (Fsp3) is 0.0189. The molecule has 0 amide bonds. The lowest BCUT2D eigenvalue weighted by molar-refractivity contribution is 0.860. The number of hydrogen-bond donors (Lipinski definition) is 1. The third-order valence-corrected chi connectivity index (χ3v) is 12.0. The SMILES string of the molecule is C1=Cc2cc3c4ccccc4n(-c4ccc(-c5ccc6c7c(cccc57)-c5c-6c(-c6ccccc6)c6ccccc6c5-c5ccccc5)cc4)c3cc2CN1. The third-order valence-electron chi connectivity index (χ3n) is 12.0. The summed E-state index contributed by atoms with van der Waals surface area (Å²) >= 11 is 0. The van der Waals surface area contributed by atoms with Gasteiger partial charge in [0.05, 0.1) is 11.0 Å². The quantitative estimate of drug-likeness (QED) is 0.194. The van der Waals surface area contributed by atoms with Crippen LogP contribution in [0.15, 0.2) is 182 Å². The molecule has 1 aromatic heterocycles. The lowest BCUT2D eigenvalue weighted by atomic mass is 9.82. The second kappa shape index (κ2) is 11.7. The molecular weight excluding hydrogens is 665 g/mol. The number of fused-ring (bicyclic) bond motifs is 8. The van der Waals surface area contributed by atoms with Gasteiger partial charge in [0.15, 0.2) is 0 Å². The molecule has 2 aliphatic rings. The van der Waals surface area contributed by atoms with Crippen LogP contribution in [0.3, 0.4) is 0 Å². The first-order chi connectivity index (χ1) is 27.3. The van der Waals surface area contributed by atoms with E-state index in [1.807, 2.05) is 0 Å². The van der Waals surface area contributed by atoms with Gasteiger partial charge in [-0.15, -0.1) is 0 Å². The van der Waals surface area contributed by atoms with Crippen LogP contribution in [0.5, 0.6) is 0 Å². The molecule has 55 heavy (non-hydrogen) atoms. The number of para-hydroxylation sites is 1. The van der Waals surface area contributed by atoms with Crippen molar-refractivity contribution < 1.29 is 0 Å². The normalized spacial score (nSPS) is 12.7. The highest BCUT2D eigenvalue weighted by Crippen LogP contribution is 2.58. The average Bonchev–Trinajstić information content (AvgIpc) is 3.76. The summed E-state index contributed by atoms with van der Waals surface area (Å²) in [5.74, 6) is 0. The molecule has 0 unspecified atom stereocenters. The van der Waals surface area contributed by atoms with Gasteiger partial charge in [0.1, 0.15) is 0 Å². The van der Waals surface area contributed by atoms with Crippen molar-refractivity contribution in [3.63, 3.8) is 0 Å². The molecule has 12 rings (SSSR count). The number of nitrogens with one attached hydrogen (secondary N) is 1. The van der Waals surface area contributed by atoms with Gasteiger partial charge in [0.25, 0.3) is 0 Å². The van der Waals surface area contributed by atoms with E-state index in [9.17, 15) is 0 Å². The van der Waals surface area contributed by atoms with Crippen LogP contribution in [0.2, 0.25) is 0 Å². The number of rotatable bonds is 4. The molecule has 0 saturated carbocycles. The Bertz CT molecular complexity index is 3130. The van der Waals surface area contributed by atoms with Crippen LogP contribution < -0.4 is 5.32 Å². The molecule has 0 bridgehead atoms.